The summed E-state index contributed by atoms with van der Waals surface area (Å²) in [4.78, 5) is 14.5. The van der Waals surface area contributed by atoms with Crippen molar-refractivity contribution >= 4 is 17.6 Å². The molecule has 0 aliphatic carbocycles. The molecule has 0 amide bonds. The maximum Gasteiger partial charge on any atom is 0.305 e. The minimum Gasteiger partial charge on any atom is -0.481 e. The lowest BCUT2D eigenvalue weighted by molar-refractivity contribution is -0.137. The number of aliphatic imine (C=N–C) groups is 1. The fourth-order valence-electron chi connectivity index (χ4n) is 1.04. The zero-order chi connectivity index (χ0) is 10.6. The summed E-state index contributed by atoms with van der Waals surface area (Å²) in [7, 11) is 0. The van der Waals surface area contributed by atoms with E-state index in [0.29, 0.717) is 12.5 Å². The Hall–Kier alpha value is -1.59. The zero-order valence-corrected chi connectivity index (χ0v) is 8.24. The normalized spacial score (nSPS) is 19.6. The summed E-state index contributed by atoms with van der Waals surface area (Å²) >= 11 is 0. The lowest BCUT2D eigenvalue weighted by atomic mass is 10.2. The van der Waals surface area contributed by atoms with Crippen LogP contribution in [-0.4, -0.2) is 35.3 Å². The van der Waals surface area contributed by atoms with Gasteiger partial charge in [-0.05, 0) is 13.8 Å². The third-order valence-electron chi connectivity index (χ3n) is 1.62. The molecule has 0 fully saturated rings. The van der Waals surface area contributed by atoms with Crippen molar-refractivity contribution in [3.63, 3.8) is 0 Å². The zero-order valence-electron chi connectivity index (χ0n) is 8.24. The molecule has 0 bridgehead atoms. The van der Waals surface area contributed by atoms with Gasteiger partial charge in [-0.15, -0.1) is 0 Å². The van der Waals surface area contributed by atoms with Gasteiger partial charge in [0.1, 0.15) is 0 Å². The van der Waals surface area contributed by atoms with Crippen LogP contribution >= 0.6 is 0 Å². The largest absolute Gasteiger partial charge is 0.481 e. The number of hydrogen-bond acceptors (Lipinski definition) is 5. The number of nitrogens with one attached hydrogen (secondary N) is 2. The van der Waals surface area contributed by atoms with E-state index < -0.39 is 5.97 Å². The van der Waals surface area contributed by atoms with E-state index in [9.17, 15) is 4.79 Å². The Morgan fingerprint density at radius 2 is 2.50 bits per heavy atom. The van der Waals surface area contributed by atoms with E-state index in [4.69, 9.17) is 5.11 Å². The highest BCUT2D eigenvalue weighted by atomic mass is 16.4. The van der Waals surface area contributed by atoms with E-state index in [1.54, 1.807) is 0 Å². The van der Waals surface area contributed by atoms with E-state index in [0.717, 1.165) is 5.71 Å². The molecule has 1 aliphatic rings. The fourth-order valence-corrected chi connectivity index (χ4v) is 1.04. The highest BCUT2D eigenvalue weighted by molar-refractivity contribution is 5.85. The monoisotopic (exact) mass is 198 g/mol. The number of aliphatic carboxylic acids is 1. The molecule has 0 spiro atoms. The van der Waals surface area contributed by atoms with Crippen molar-refractivity contribution in [3.8, 4) is 0 Å². The van der Waals surface area contributed by atoms with Crippen LogP contribution in [0.5, 0.6) is 0 Å². The summed E-state index contributed by atoms with van der Waals surface area (Å²) in [5, 5.41) is 15.4. The number of guanidine groups is 1. The number of carbonyl (C=O) groups is 1. The number of hydrogen-bond donors (Lipinski definition) is 3. The van der Waals surface area contributed by atoms with Crippen LogP contribution in [0.1, 0.15) is 20.3 Å². The summed E-state index contributed by atoms with van der Waals surface area (Å²) in [5.41, 5.74) is 3.60. The van der Waals surface area contributed by atoms with E-state index in [1.807, 2.05) is 13.8 Å². The van der Waals surface area contributed by atoms with Crippen molar-refractivity contribution in [2.24, 2.45) is 10.1 Å². The Morgan fingerprint density at radius 3 is 3.07 bits per heavy atom. The van der Waals surface area contributed by atoms with Crippen molar-refractivity contribution in [1.29, 1.82) is 0 Å². The van der Waals surface area contributed by atoms with Gasteiger partial charge in [-0.1, -0.05) is 0 Å². The minimum absolute atomic E-state index is 0.0729. The van der Waals surface area contributed by atoms with E-state index in [1.165, 1.54) is 0 Å². The van der Waals surface area contributed by atoms with Gasteiger partial charge in [0.25, 0.3) is 0 Å². The smallest absolute Gasteiger partial charge is 0.305 e. The molecule has 0 saturated carbocycles. The van der Waals surface area contributed by atoms with Crippen LogP contribution in [0.4, 0.5) is 0 Å². The molecule has 1 rings (SSSR count). The second-order valence-electron chi connectivity index (χ2n) is 3.30. The van der Waals surface area contributed by atoms with Crippen LogP contribution in [0.25, 0.3) is 0 Å². The van der Waals surface area contributed by atoms with Crippen LogP contribution in [0.15, 0.2) is 10.1 Å². The molecule has 3 N–H and O–H groups in total. The number of carboxylic acids is 1. The first kappa shape index (κ1) is 10.5. The molecule has 1 heterocycles. The summed E-state index contributed by atoms with van der Waals surface area (Å²) in [5.74, 6) is -0.286. The van der Waals surface area contributed by atoms with Crippen LogP contribution in [0, 0.1) is 0 Å². The number of carboxylic acid groups (broad SMARTS) is 1. The third kappa shape index (κ3) is 3.42. The molecule has 0 radical (unpaired) electrons. The summed E-state index contributed by atoms with van der Waals surface area (Å²) in [6.07, 6.45) is 0.0729. The maximum atomic E-state index is 10.4. The lowest BCUT2D eigenvalue weighted by Crippen LogP contribution is -2.38. The Bertz CT molecular complexity index is 281. The van der Waals surface area contributed by atoms with E-state index >= 15 is 0 Å². The highest BCUT2D eigenvalue weighted by Crippen LogP contribution is 1.99. The third-order valence-corrected chi connectivity index (χ3v) is 1.62. The number of nitrogens with zero attached hydrogens (tertiary/aromatic N) is 2. The first-order valence-corrected chi connectivity index (χ1v) is 4.37. The molecule has 1 aliphatic heterocycles. The Balaban J connectivity index is 2.33. The summed E-state index contributed by atoms with van der Waals surface area (Å²) in [6, 6.07) is -0.123. The van der Waals surface area contributed by atoms with Gasteiger partial charge in [-0.25, -0.2) is 10.4 Å². The molecule has 0 aromatic rings. The van der Waals surface area contributed by atoms with Gasteiger partial charge in [-0.3, -0.25) is 4.79 Å². The molecule has 1 unspecified atom stereocenters. The molecular formula is C8H14N4O2. The Labute approximate surface area is 82.1 Å². The van der Waals surface area contributed by atoms with Crippen LogP contribution in [0.3, 0.4) is 0 Å². The molecule has 1 atom stereocenters. The number of hydrazone groups is 1. The SMILES string of the molecule is CC(C)=NNC1=NCC(CC(=O)O)N1. The molecule has 14 heavy (non-hydrogen) atoms. The van der Waals surface area contributed by atoms with Gasteiger partial charge in [0.05, 0.1) is 19.0 Å². The van der Waals surface area contributed by atoms with E-state index in [2.05, 4.69) is 20.8 Å². The quantitative estimate of drug-likeness (QED) is 0.432. The number of rotatable bonds is 3. The van der Waals surface area contributed by atoms with Gasteiger partial charge in [0.2, 0.25) is 5.96 Å². The van der Waals surface area contributed by atoms with Gasteiger partial charge >= 0.3 is 5.97 Å². The predicted octanol–water partition coefficient (Wildman–Crippen LogP) is -0.226. The predicted molar refractivity (Wildman–Crippen MR) is 53.4 cm³/mol. The van der Waals surface area contributed by atoms with Crippen LogP contribution in [0.2, 0.25) is 0 Å². The summed E-state index contributed by atoms with van der Waals surface area (Å²) < 4.78 is 0. The molecule has 0 saturated heterocycles. The van der Waals surface area contributed by atoms with Crippen molar-refractivity contribution in [3.05, 3.63) is 0 Å². The molecule has 0 aromatic heterocycles. The molecule has 6 heteroatoms. The molecule has 0 aromatic carbocycles. The second kappa shape index (κ2) is 4.59. The van der Waals surface area contributed by atoms with Gasteiger partial charge in [0, 0.05) is 5.71 Å². The second-order valence-corrected chi connectivity index (χ2v) is 3.30. The van der Waals surface area contributed by atoms with Crippen LogP contribution < -0.4 is 10.7 Å². The average molecular weight is 198 g/mol. The highest BCUT2D eigenvalue weighted by Gasteiger charge is 2.19. The molecular weight excluding hydrogens is 184 g/mol. The fraction of sp³-hybridized carbons (Fsp3) is 0.625. The Kier molecular flexibility index (Phi) is 3.44. The van der Waals surface area contributed by atoms with Crippen molar-refractivity contribution in [1.82, 2.24) is 10.7 Å². The Morgan fingerprint density at radius 1 is 1.79 bits per heavy atom. The lowest BCUT2D eigenvalue weighted by Gasteiger charge is -2.07. The maximum absolute atomic E-state index is 10.4. The molecule has 6 nitrogen and oxygen atoms in total. The first-order chi connectivity index (χ1) is 6.58. The van der Waals surface area contributed by atoms with Gasteiger partial charge in [-0.2, -0.15) is 5.10 Å². The molecule has 78 valence electrons. The van der Waals surface area contributed by atoms with Gasteiger partial charge < -0.3 is 10.4 Å². The first-order valence-electron chi connectivity index (χ1n) is 4.37. The van der Waals surface area contributed by atoms with Crippen molar-refractivity contribution < 1.29 is 9.90 Å². The topological polar surface area (TPSA) is 86.1 Å². The standard InChI is InChI=1S/C8H14N4O2/c1-5(2)11-12-8-9-4-6(10-8)3-7(13)14/h6H,3-4H2,1-2H3,(H,13,14)(H2,9,10,12). The van der Waals surface area contributed by atoms with Crippen molar-refractivity contribution in [2.75, 3.05) is 6.54 Å². The van der Waals surface area contributed by atoms with E-state index in [-0.39, 0.29) is 12.5 Å². The van der Waals surface area contributed by atoms with Gasteiger partial charge in [0.15, 0.2) is 0 Å². The average Bonchev–Trinajstić information content (AvgIpc) is 2.47. The van der Waals surface area contributed by atoms with Crippen LogP contribution in [-0.2, 0) is 4.79 Å². The van der Waals surface area contributed by atoms with Crippen molar-refractivity contribution in [2.45, 2.75) is 26.3 Å². The summed E-state index contributed by atoms with van der Waals surface area (Å²) in [6.45, 7) is 4.20. The minimum atomic E-state index is -0.825.